The van der Waals surface area contributed by atoms with Crippen molar-refractivity contribution in [3.63, 3.8) is 0 Å². The molecule has 1 heterocycles. The first-order valence-electron chi connectivity index (χ1n) is 8.59. The van der Waals surface area contributed by atoms with Gasteiger partial charge in [-0.05, 0) is 48.9 Å². The lowest BCUT2D eigenvalue weighted by Gasteiger charge is -2.20. The van der Waals surface area contributed by atoms with Gasteiger partial charge in [-0.2, -0.15) is 0 Å². The molecule has 132 valence electrons. The molecule has 2 aliphatic rings. The van der Waals surface area contributed by atoms with Crippen molar-refractivity contribution < 1.29 is 4.79 Å². The van der Waals surface area contributed by atoms with Crippen molar-refractivity contribution in [1.82, 2.24) is 4.90 Å². The van der Waals surface area contributed by atoms with Gasteiger partial charge in [-0.3, -0.25) is 4.79 Å². The Hall–Kier alpha value is -1.49. The largest absolute Gasteiger partial charge is 0.338 e. The van der Waals surface area contributed by atoms with E-state index in [0.29, 0.717) is 11.8 Å². The minimum Gasteiger partial charge on any atom is -0.338 e. The van der Waals surface area contributed by atoms with E-state index < -0.39 is 0 Å². The highest BCUT2D eigenvalue weighted by Gasteiger charge is 2.42. The van der Waals surface area contributed by atoms with Crippen LogP contribution in [0, 0.1) is 11.8 Å². The van der Waals surface area contributed by atoms with Crippen LogP contribution in [0.4, 0.5) is 0 Å². The summed E-state index contributed by atoms with van der Waals surface area (Å²) in [5, 5.41) is 0. The molecule has 4 rings (SSSR count). The molecule has 0 radical (unpaired) electrons. The van der Waals surface area contributed by atoms with Crippen LogP contribution in [0.2, 0.25) is 0 Å². The van der Waals surface area contributed by atoms with Crippen molar-refractivity contribution in [2.45, 2.75) is 28.7 Å². The molecular formula is C20H23ClN2OS. The molecule has 5 heteroatoms. The maximum absolute atomic E-state index is 13.1. The predicted octanol–water partition coefficient (Wildman–Crippen LogP) is 4.07. The van der Waals surface area contributed by atoms with Gasteiger partial charge in [0, 0.05) is 28.9 Å². The molecule has 2 N–H and O–H groups in total. The summed E-state index contributed by atoms with van der Waals surface area (Å²) in [7, 11) is 0. The van der Waals surface area contributed by atoms with Gasteiger partial charge in [0.25, 0.3) is 5.91 Å². The number of likely N-dealkylation sites (tertiary alicyclic amines) is 1. The Morgan fingerprint density at radius 2 is 1.72 bits per heavy atom. The summed E-state index contributed by atoms with van der Waals surface area (Å²) in [6.45, 7) is 1.68. The van der Waals surface area contributed by atoms with Crippen molar-refractivity contribution >= 4 is 30.1 Å². The van der Waals surface area contributed by atoms with E-state index in [1.54, 1.807) is 11.8 Å². The zero-order chi connectivity index (χ0) is 16.5. The highest BCUT2D eigenvalue weighted by molar-refractivity contribution is 7.99. The van der Waals surface area contributed by atoms with Crippen LogP contribution in [0.5, 0.6) is 0 Å². The van der Waals surface area contributed by atoms with Gasteiger partial charge in [0.2, 0.25) is 0 Å². The molecule has 0 bridgehead atoms. The number of benzene rings is 2. The molecule has 3 nitrogen and oxygen atoms in total. The van der Waals surface area contributed by atoms with Crippen LogP contribution in [0.15, 0.2) is 64.4 Å². The minimum absolute atomic E-state index is 0. The third kappa shape index (κ3) is 3.71. The lowest BCUT2D eigenvalue weighted by atomic mass is 9.98. The number of rotatable bonds is 3. The topological polar surface area (TPSA) is 46.3 Å². The molecule has 0 spiro atoms. The van der Waals surface area contributed by atoms with E-state index in [0.717, 1.165) is 41.3 Å². The van der Waals surface area contributed by atoms with Gasteiger partial charge >= 0.3 is 0 Å². The molecule has 1 aliphatic carbocycles. The van der Waals surface area contributed by atoms with E-state index in [2.05, 4.69) is 12.1 Å². The fourth-order valence-corrected chi connectivity index (χ4v) is 4.95. The lowest BCUT2D eigenvalue weighted by molar-refractivity contribution is 0.0776. The fraction of sp³-hybridized carbons (Fsp3) is 0.350. The molecular weight excluding hydrogens is 352 g/mol. The molecule has 2 fully saturated rings. The van der Waals surface area contributed by atoms with Crippen LogP contribution in [0.3, 0.4) is 0 Å². The molecule has 1 amide bonds. The van der Waals surface area contributed by atoms with Crippen LogP contribution in [0.25, 0.3) is 0 Å². The fourth-order valence-electron chi connectivity index (χ4n) is 3.99. The van der Waals surface area contributed by atoms with Gasteiger partial charge in [-0.15, -0.1) is 12.4 Å². The van der Waals surface area contributed by atoms with Crippen molar-refractivity contribution in [2.75, 3.05) is 13.1 Å². The summed E-state index contributed by atoms with van der Waals surface area (Å²) in [5.41, 5.74) is 7.02. The van der Waals surface area contributed by atoms with Crippen molar-refractivity contribution in [2.24, 2.45) is 17.6 Å². The number of hydrogen-bond donors (Lipinski definition) is 1. The van der Waals surface area contributed by atoms with E-state index in [1.165, 1.54) is 0 Å². The zero-order valence-corrected chi connectivity index (χ0v) is 15.6. The van der Waals surface area contributed by atoms with Crippen LogP contribution in [-0.4, -0.2) is 29.9 Å². The third-order valence-electron chi connectivity index (χ3n) is 5.29. The molecule has 2 aromatic carbocycles. The number of carbonyl (C=O) groups excluding carboxylic acids is 1. The molecule has 2 aromatic rings. The first-order valence-corrected chi connectivity index (χ1v) is 9.41. The Morgan fingerprint density at radius 1 is 1.00 bits per heavy atom. The number of hydrogen-bond acceptors (Lipinski definition) is 3. The lowest BCUT2D eigenvalue weighted by Crippen LogP contribution is -2.33. The van der Waals surface area contributed by atoms with Crippen LogP contribution in [-0.2, 0) is 0 Å². The SMILES string of the molecule is Cl.NC1CCC2CN(C(=O)c3ccccc3Sc3ccccc3)CC12. The summed E-state index contributed by atoms with van der Waals surface area (Å²) < 4.78 is 0. The standard InChI is InChI=1S/C20H22N2OS.ClH/c21-18-11-10-14-12-22(13-17(14)18)20(23)16-8-4-5-9-19(16)24-15-6-2-1-3-7-15;/h1-9,14,17-18H,10-13,21H2;1H. The van der Waals surface area contributed by atoms with Crippen molar-refractivity contribution in [1.29, 1.82) is 0 Å². The van der Waals surface area contributed by atoms with E-state index in [9.17, 15) is 4.79 Å². The molecule has 25 heavy (non-hydrogen) atoms. The number of nitrogens with zero attached hydrogens (tertiary/aromatic N) is 1. The first kappa shape index (κ1) is 18.3. The number of carbonyl (C=O) groups is 1. The second-order valence-corrected chi connectivity index (χ2v) is 7.90. The van der Waals surface area contributed by atoms with Crippen LogP contribution >= 0.6 is 24.2 Å². The average molecular weight is 375 g/mol. The molecule has 1 aliphatic heterocycles. The smallest absolute Gasteiger partial charge is 0.255 e. The summed E-state index contributed by atoms with van der Waals surface area (Å²) in [6.07, 6.45) is 2.27. The van der Waals surface area contributed by atoms with E-state index >= 15 is 0 Å². The quantitative estimate of drug-likeness (QED) is 0.880. The summed E-state index contributed by atoms with van der Waals surface area (Å²) in [4.78, 5) is 17.3. The van der Waals surface area contributed by atoms with Gasteiger partial charge in [-0.25, -0.2) is 0 Å². The van der Waals surface area contributed by atoms with Gasteiger partial charge in [-0.1, -0.05) is 42.1 Å². The second kappa shape index (κ2) is 7.81. The molecule has 1 saturated heterocycles. The maximum atomic E-state index is 13.1. The zero-order valence-electron chi connectivity index (χ0n) is 14.0. The molecule has 0 aromatic heterocycles. The molecule has 1 saturated carbocycles. The predicted molar refractivity (Wildman–Crippen MR) is 104 cm³/mol. The summed E-state index contributed by atoms with van der Waals surface area (Å²) >= 11 is 1.65. The number of amides is 1. The summed E-state index contributed by atoms with van der Waals surface area (Å²) in [6, 6.07) is 18.4. The van der Waals surface area contributed by atoms with Gasteiger partial charge in [0.15, 0.2) is 0 Å². The van der Waals surface area contributed by atoms with Gasteiger partial charge < -0.3 is 10.6 Å². The highest BCUT2D eigenvalue weighted by atomic mass is 35.5. The molecule has 3 atom stereocenters. The van der Waals surface area contributed by atoms with E-state index in [-0.39, 0.29) is 24.4 Å². The highest BCUT2D eigenvalue weighted by Crippen LogP contribution is 2.38. The van der Waals surface area contributed by atoms with Gasteiger partial charge in [0.1, 0.15) is 0 Å². The van der Waals surface area contributed by atoms with Crippen LogP contribution < -0.4 is 5.73 Å². The van der Waals surface area contributed by atoms with E-state index in [4.69, 9.17) is 5.73 Å². The van der Waals surface area contributed by atoms with Crippen molar-refractivity contribution in [3.8, 4) is 0 Å². The number of nitrogens with two attached hydrogens (primary N) is 1. The first-order chi connectivity index (χ1) is 11.7. The second-order valence-electron chi connectivity index (χ2n) is 6.79. The van der Waals surface area contributed by atoms with Crippen molar-refractivity contribution in [3.05, 3.63) is 60.2 Å². The summed E-state index contributed by atoms with van der Waals surface area (Å²) in [5.74, 6) is 1.23. The molecule has 3 unspecified atom stereocenters. The minimum atomic E-state index is 0. The monoisotopic (exact) mass is 374 g/mol. The van der Waals surface area contributed by atoms with Crippen LogP contribution in [0.1, 0.15) is 23.2 Å². The Bertz CT molecular complexity index is 739. The van der Waals surface area contributed by atoms with E-state index in [1.807, 2.05) is 47.4 Å². The Balaban J connectivity index is 0.00000182. The number of fused-ring (bicyclic) bond motifs is 1. The number of halogens is 1. The normalized spacial score (nSPS) is 24.7. The van der Waals surface area contributed by atoms with Gasteiger partial charge in [0.05, 0.1) is 5.56 Å². The Kier molecular flexibility index (Phi) is 5.72. The average Bonchev–Trinajstić information content (AvgIpc) is 3.18. The Morgan fingerprint density at radius 3 is 2.48 bits per heavy atom. The third-order valence-corrected chi connectivity index (χ3v) is 6.37. The maximum Gasteiger partial charge on any atom is 0.255 e. The Labute approximate surface area is 159 Å².